The van der Waals surface area contributed by atoms with Crippen molar-refractivity contribution < 1.29 is 5.11 Å². The summed E-state index contributed by atoms with van der Waals surface area (Å²) in [7, 11) is 0. The van der Waals surface area contributed by atoms with Gasteiger partial charge in [-0.1, -0.05) is 20.8 Å². The van der Waals surface area contributed by atoms with Gasteiger partial charge in [-0.15, -0.1) is 0 Å². The first kappa shape index (κ1) is 15.9. The van der Waals surface area contributed by atoms with Gasteiger partial charge in [-0.3, -0.25) is 4.90 Å². The standard InChI is InChI=1S/C15H32N2O/c1-6-16-15(11-18)8-7-14(9-15)17(13(4)5)10-12(2)3/h12-14,16,18H,6-11H2,1-5H3. The van der Waals surface area contributed by atoms with E-state index in [2.05, 4.69) is 44.8 Å². The number of likely N-dealkylation sites (N-methyl/N-ethyl adjacent to an activating group) is 1. The van der Waals surface area contributed by atoms with Crippen LogP contribution in [-0.4, -0.2) is 47.3 Å². The number of aliphatic hydroxyl groups is 1. The zero-order valence-electron chi connectivity index (χ0n) is 12.9. The summed E-state index contributed by atoms with van der Waals surface area (Å²) in [5.41, 5.74) is -0.0243. The van der Waals surface area contributed by atoms with E-state index in [1.54, 1.807) is 0 Å². The zero-order valence-corrected chi connectivity index (χ0v) is 12.9. The van der Waals surface area contributed by atoms with Crippen molar-refractivity contribution in [3.63, 3.8) is 0 Å². The highest BCUT2D eigenvalue weighted by atomic mass is 16.3. The smallest absolute Gasteiger partial charge is 0.0613 e. The summed E-state index contributed by atoms with van der Waals surface area (Å²) in [4.78, 5) is 2.62. The quantitative estimate of drug-likeness (QED) is 0.733. The molecule has 0 bridgehead atoms. The van der Waals surface area contributed by atoms with E-state index >= 15 is 0 Å². The molecule has 0 spiro atoms. The molecule has 1 aliphatic carbocycles. The number of nitrogens with zero attached hydrogens (tertiary/aromatic N) is 1. The molecule has 1 rings (SSSR count). The van der Waals surface area contributed by atoms with Crippen LogP contribution < -0.4 is 5.32 Å². The second kappa shape index (κ2) is 6.88. The van der Waals surface area contributed by atoms with Crippen LogP contribution in [0.25, 0.3) is 0 Å². The van der Waals surface area contributed by atoms with E-state index in [1.165, 1.54) is 6.42 Å². The lowest BCUT2D eigenvalue weighted by Crippen LogP contribution is -2.49. The van der Waals surface area contributed by atoms with Crippen LogP contribution in [0.15, 0.2) is 0 Å². The van der Waals surface area contributed by atoms with Gasteiger partial charge in [-0.25, -0.2) is 0 Å². The van der Waals surface area contributed by atoms with E-state index in [0.29, 0.717) is 18.0 Å². The maximum Gasteiger partial charge on any atom is 0.0613 e. The van der Waals surface area contributed by atoms with Crippen LogP contribution in [0.5, 0.6) is 0 Å². The Kier molecular flexibility index (Phi) is 6.09. The van der Waals surface area contributed by atoms with Crippen LogP contribution in [0.3, 0.4) is 0 Å². The predicted molar refractivity (Wildman–Crippen MR) is 77.8 cm³/mol. The molecule has 2 atom stereocenters. The summed E-state index contributed by atoms with van der Waals surface area (Å²) in [5, 5.41) is 13.2. The summed E-state index contributed by atoms with van der Waals surface area (Å²) >= 11 is 0. The molecule has 1 aliphatic rings. The fourth-order valence-electron chi connectivity index (χ4n) is 3.32. The molecule has 0 aromatic heterocycles. The molecule has 0 saturated heterocycles. The second-order valence-corrected chi connectivity index (χ2v) is 6.55. The summed E-state index contributed by atoms with van der Waals surface area (Å²) in [5.74, 6) is 0.704. The lowest BCUT2D eigenvalue weighted by molar-refractivity contribution is 0.115. The van der Waals surface area contributed by atoms with Gasteiger partial charge in [-0.2, -0.15) is 0 Å². The fraction of sp³-hybridized carbons (Fsp3) is 1.00. The Morgan fingerprint density at radius 1 is 1.33 bits per heavy atom. The predicted octanol–water partition coefficient (Wildman–Crippen LogP) is 2.25. The Bertz CT molecular complexity index is 243. The van der Waals surface area contributed by atoms with Crippen molar-refractivity contribution >= 4 is 0 Å². The van der Waals surface area contributed by atoms with Crippen LogP contribution in [0, 0.1) is 5.92 Å². The van der Waals surface area contributed by atoms with Crippen molar-refractivity contribution in [2.24, 2.45) is 5.92 Å². The molecular weight excluding hydrogens is 224 g/mol. The topological polar surface area (TPSA) is 35.5 Å². The molecule has 18 heavy (non-hydrogen) atoms. The molecule has 2 unspecified atom stereocenters. The van der Waals surface area contributed by atoms with Crippen LogP contribution in [-0.2, 0) is 0 Å². The Balaban J connectivity index is 2.66. The molecule has 0 amide bonds. The molecule has 1 fully saturated rings. The van der Waals surface area contributed by atoms with Gasteiger partial charge in [-0.05, 0) is 45.6 Å². The summed E-state index contributed by atoms with van der Waals surface area (Å²) in [6, 6.07) is 1.21. The van der Waals surface area contributed by atoms with Crippen molar-refractivity contribution in [2.75, 3.05) is 19.7 Å². The maximum absolute atomic E-state index is 9.69. The molecule has 1 saturated carbocycles. The van der Waals surface area contributed by atoms with Gasteiger partial charge in [0.15, 0.2) is 0 Å². The number of hydrogen-bond donors (Lipinski definition) is 2. The number of rotatable bonds is 7. The van der Waals surface area contributed by atoms with E-state index in [9.17, 15) is 5.11 Å². The largest absolute Gasteiger partial charge is 0.394 e. The van der Waals surface area contributed by atoms with Gasteiger partial charge in [0.25, 0.3) is 0 Å². The molecule has 0 heterocycles. The van der Waals surface area contributed by atoms with Crippen LogP contribution in [0.1, 0.15) is 53.9 Å². The molecule has 108 valence electrons. The minimum absolute atomic E-state index is 0.0243. The van der Waals surface area contributed by atoms with E-state index in [4.69, 9.17) is 0 Å². The third-order valence-corrected chi connectivity index (χ3v) is 4.15. The Labute approximate surface area is 113 Å². The fourth-order valence-corrected chi connectivity index (χ4v) is 3.32. The van der Waals surface area contributed by atoms with E-state index in [1.807, 2.05) is 0 Å². The van der Waals surface area contributed by atoms with Crippen molar-refractivity contribution in [3.8, 4) is 0 Å². The van der Waals surface area contributed by atoms with Crippen molar-refractivity contribution in [1.82, 2.24) is 10.2 Å². The third-order valence-electron chi connectivity index (χ3n) is 4.15. The van der Waals surface area contributed by atoms with Crippen LogP contribution >= 0.6 is 0 Å². The molecule has 0 aromatic carbocycles. The second-order valence-electron chi connectivity index (χ2n) is 6.55. The number of nitrogens with one attached hydrogen (secondary N) is 1. The van der Waals surface area contributed by atoms with E-state index in [-0.39, 0.29) is 12.1 Å². The van der Waals surface area contributed by atoms with Gasteiger partial charge in [0.05, 0.1) is 6.61 Å². The molecule has 0 radical (unpaired) electrons. The molecule has 3 heteroatoms. The van der Waals surface area contributed by atoms with Crippen molar-refractivity contribution in [1.29, 1.82) is 0 Å². The summed E-state index contributed by atoms with van der Waals surface area (Å²) in [6.07, 6.45) is 3.39. The SMILES string of the molecule is CCNC1(CO)CCC(N(CC(C)C)C(C)C)C1. The average molecular weight is 256 g/mol. The number of hydrogen-bond acceptors (Lipinski definition) is 3. The summed E-state index contributed by atoms with van der Waals surface area (Å²) < 4.78 is 0. The Morgan fingerprint density at radius 2 is 2.00 bits per heavy atom. The highest BCUT2D eigenvalue weighted by molar-refractivity contribution is 4.99. The lowest BCUT2D eigenvalue weighted by Gasteiger charge is -2.36. The molecule has 0 aromatic rings. The van der Waals surface area contributed by atoms with E-state index in [0.717, 1.165) is 25.9 Å². The molecule has 3 nitrogen and oxygen atoms in total. The van der Waals surface area contributed by atoms with E-state index < -0.39 is 0 Å². The van der Waals surface area contributed by atoms with Gasteiger partial charge in [0.2, 0.25) is 0 Å². The van der Waals surface area contributed by atoms with Crippen LogP contribution in [0.4, 0.5) is 0 Å². The van der Waals surface area contributed by atoms with Crippen LogP contribution in [0.2, 0.25) is 0 Å². The van der Waals surface area contributed by atoms with Gasteiger partial charge in [0.1, 0.15) is 0 Å². The van der Waals surface area contributed by atoms with Gasteiger partial charge < -0.3 is 10.4 Å². The van der Waals surface area contributed by atoms with Crippen molar-refractivity contribution in [2.45, 2.75) is 71.5 Å². The Hall–Kier alpha value is -0.120. The molecular formula is C15H32N2O. The third kappa shape index (κ3) is 3.94. The lowest BCUT2D eigenvalue weighted by atomic mass is 9.98. The minimum atomic E-state index is -0.0243. The first-order valence-electron chi connectivity index (χ1n) is 7.55. The maximum atomic E-state index is 9.69. The average Bonchev–Trinajstić information content (AvgIpc) is 2.71. The van der Waals surface area contributed by atoms with Gasteiger partial charge in [0, 0.05) is 24.2 Å². The highest BCUT2D eigenvalue weighted by Crippen LogP contribution is 2.34. The highest BCUT2D eigenvalue weighted by Gasteiger charge is 2.40. The Morgan fingerprint density at radius 3 is 2.44 bits per heavy atom. The molecule has 0 aliphatic heterocycles. The number of aliphatic hydroxyl groups excluding tert-OH is 1. The van der Waals surface area contributed by atoms with Crippen molar-refractivity contribution in [3.05, 3.63) is 0 Å². The normalized spacial score (nSPS) is 28.8. The monoisotopic (exact) mass is 256 g/mol. The first-order chi connectivity index (χ1) is 8.44. The summed E-state index contributed by atoms with van der Waals surface area (Å²) in [6.45, 7) is 13.6. The first-order valence-corrected chi connectivity index (χ1v) is 7.55. The molecule has 2 N–H and O–H groups in total. The minimum Gasteiger partial charge on any atom is -0.394 e. The zero-order chi connectivity index (χ0) is 13.8. The van der Waals surface area contributed by atoms with Gasteiger partial charge >= 0.3 is 0 Å².